The van der Waals surface area contributed by atoms with Gasteiger partial charge in [-0.15, -0.1) is 0 Å². The van der Waals surface area contributed by atoms with E-state index >= 15 is 0 Å². The lowest BCUT2D eigenvalue weighted by Gasteiger charge is -2.23. The van der Waals surface area contributed by atoms with Crippen molar-refractivity contribution in [3.63, 3.8) is 0 Å². The standard InChI is InChI=1S/C16H19ClN2/c1-12-4-3-5-15(10-12)19(2)16-11-14(17)7-6-13(16)8-9-18/h3-7,10-11H,8-9,18H2,1-2H3. The van der Waals surface area contributed by atoms with E-state index in [9.17, 15) is 0 Å². The van der Waals surface area contributed by atoms with Crippen LogP contribution in [0.1, 0.15) is 11.1 Å². The summed E-state index contributed by atoms with van der Waals surface area (Å²) in [5.41, 5.74) is 10.4. The molecule has 0 aromatic heterocycles. The summed E-state index contributed by atoms with van der Waals surface area (Å²) in [6.07, 6.45) is 0.850. The minimum Gasteiger partial charge on any atom is -0.344 e. The maximum atomic E-state index is 6.12. The van der Waals surface area contributed by atoms with E-state index in [1.165, 1.54) is 11.1 Å². The second-order valence-electron chi connectivity index (χ2n) is 4.71. The zero-order valence-electron chi connectivity index (χ0n) is 11.4. The van der Waals surface area contributed by atoms with E-state index in [2.05, 4.69) is 49.2 Å². The fraction of sp³-hybridized carbons (Fsp3) is 0.250. The monoisotopic (exact) mass is 274 g/mol. The lowest BCUT2D eigenvalue weighted by Crippen LogP contribution is -2.14. The van der Waals surface area contributed by atoms with Crippen LogP contribution in [0.25, 0.3) is 0 Å². The third-order valence-corrected chi connectivity index (χ3v) is 3.45. The summed E-state index contributed by atoms with van der Waals surface area (Å²) in [7, 11) is 2.06. The first-order valence-electron chi connectivity index (χ1n) is 6.40. The molecule has 0 aliphatic rings. The van der Waals surface area contributed by atoms with Crippen LogP contribution < -0.4 is 10.6 Å². The number of halogens is 1. The average Bonchev–Trinajstić information content (AvgIpc) is 2.40. The number of benzene rings is 2. The van der Waals surface area contributed by atoms with Crippen molar-refractivity contribution in [3.05, 3.63) is 58.6 Å². The van der Waals surface area contributed by atoms with E-state index in [1.54, 1.807) is 0 Å². The molecule has 0 atom stereocenters. The highest BCUT2D eigenvalue weighted by Gasteiger charge is 2.10. The van der Waals surface area contributed by atoms with Crippen LogP contribution in [0.15, 0.2) is 42.5 Å². The van der Waals surface area contributed by atoms with Gasteiger partial charge >= 0.3 is 0 Å². The number of nitrogens with zero attached hydrogens (tertiary/aromatic N) is 1. The first-order valence-corrected chi connectivity index (χ1v) is 6.78. The highest BCUT2D eigenvalue weighted by atomic mass is 35.5. The zero-order valence-corrected chi connectivity index (χ0v) is 12.1. The second kappa shape index (κ2) is 6.09. The number of hydrogen-bond acceptors (Lipinski definition) is 2. The molecule has 0 unspecified atom stereocenters. The molecule has 100 valence electrons. The molecule has 0 aliphatic heterocycles. The Morgan fingerprint density at radius 1 is 1.16 bits per heavy atom. The number of anilines is 2. The average molecular weight is 275 g/mol. The van der Waals surface area contributed by atoms with Gasteiger partial charge in [0.1, 0.15) is 0 Å². The Labute approximate surface area is 119 Å². The summed E-state index contributed by atoms with van der Waals surface area (Å²) < 4.78 is 0. The predicted molar refractivity (Wildman–Crippen MR) is 83.5 cm³/mol. The second-order valence-corrected chi connectivity index (χ2v) is 5.15. The van der Waals surface area contributed by atoms with Gasteiger partial charge in [0, 0.05) is 23.4 Å². The topological polar surface area (TPSA) is 29.3 Å². The lowest BCUT2D eigenvalue weighted by molar-refractivity contribution is 0.961. The van der Waals surface area contributed by atoms with Gasteiger partial charge in [0.2, 0.25) is 0 Å². The molecular formula is C16H19ClN2. The van der Waals surface area contributed by atoms with Crippen molar-refractivity contribution in [2.45, 2.75) is 13.3 Å². The molecule has 2 aromatic carbocycles. The predicted octanol–water partition coefficient (Wildman–Crippen LogP) is 3.92. The smallest absolute Gasteiger partial charge is 0.0456 e. The maximum absolute atomic E-state index is 6.12. The van der Waals surface area contributed by atoms with Gasteiger partial charge < -0.3 is 10.6 Å². The van der Waals surface area contributed by atoms with Crippen molar-refractivity contribution in [1.82, 2.24) is 0 Å². The quantitative estimate of drug-likeness (QED) is 0.916. The molecular weight excluding hydrogens is 256 g/mol. The van der Waals surface area contributed by atoms with Crippen molar-refractivity contribution in [2.24, 2.45) is 5.73 Å². The van der Waals surface area contributed by atoms with Gasteiger partial charge in [0.05, 0.1) is 0 Å². The number of hydrogen-bond donors (Lipinski definition) is 1. The number of aryl methyl sites for hydroxylation is 1. The Balaban J connectivity index is 2.42. The van der Waals surface area contributed by atoms with Crippen LogP contribution >= 0.6 is 11.6 Å². The molecule has 0 aliphatic carbocycles. The maximum Gasteiger partial charge on any atom is 0.0456 e. The SMILES string of the molecule is Cc1cccc(N(C)c2cc(Cl)ccc2CCN)c1. The number of rotatable bonds is 4. The fourth-order valence-corrected chi connectivity index (χ4v) is 2.36. The molecule has 0 amide bonds. The minimum atomic E-state index is 0.635. The summed E-state index contributed by atoms with van der Waals surface area (Å²) >= 11 is 6.12. The van der Waals surface area contributed by atoms with Crippen molar-refractivity contribution >= 4 is 23.0 Å². The first kappa shape index (κ1) is 13.9. The van der Waals surface area contributed by atoms with Gasteiger partial charge in [0.25, 0.3) is 0 Å². The third kappa shape index (κ3) is 3.28. The molecule has 0 saturated heterocycles. The zero-order chi connectivity index (χ0) is 13.8. The van der Waals surface area contributed by atoms with Crippen LogP contribution in [0.2, 0.25) is 5.02 Å². The van der Waals surface area contributed by atoms with Crippen molar-refractivity contribution in [2.75, 3.05) is 18.5 Å². The fourth-order valence-electron chi connectivity index (χ4n) is 2.19. The van der Waals surface area contributed by atoms with E-state index in [0.29, 0.717) is 6.54 Å². The highest BCUT2D eigenvalue weighted by Crippen LogP contribution is 2.30. The first-order chi connectivity index (χ1) is 9.11. The Hall–Kier alpha value is -1.51. The molecule has 2 rings (SSSR count). The summed E-state index contributed by atoms with van der Waals surface area (Å²) in [6, 6.07) is 14.4. The Morgan fingerprint density at radius 3 is 2.63 bits per heavy atom. The van der Waals surface area contributed by atoms with Crippen LogP contribution in [-0.2, 0) is 6.42 Å². The van der Waals surface area contributed by atoms with Crippen LogP contribution in [0, 0.1) is 6.92 Å². The molecule has 2 aromatic rings. The van der Waals surface area contributed by atoms with Gasteiger partial charge in [0.15, 0.2) is 0 Å². The van der Waals surface area contributed by atoms with Crippen LogP contribution in [-0.4, -0.2) is 13.6 Å². The summed E-state index contributed by atoms with van der Waals surface area (Å²) in [4.78, 5) is 2.16. The molecule has 19 heavy (non-hydrogen) atoms. The molecule has 0 radical (unpaired) electrons. The van der Waals surface area contributed by atoms with Gasteiger partial charge in [-0.1, -0.05) is 29.8 Å². The molecule has 0 bridgehead atoms. The van der Waals surface area contributed by atoms with E-state index in [4.69, 9.17) is 17.3 Å². The highest BCUT2D eigenvalue weighted by molar-refractivity contribution is 6.30. The van der Waals surface area contributed by atoms with Gasteiger partial charge in [-0.25, -0.2) is 0 Å². The Bertz CT molecular complexity index is 566. The van der Waals surface area contributed by atoms with E-state index < -0.39 is 0 Å². The van der Waals surface area contributed by atoms with Gasteiger partial charge in [-0.05, 0) is 55.3 Å². The molecule has 0 heterocycles. The third-order valence-electron chi connectivity index (χ3n) is 3.21. The van der Waals surface area contributed by atoms with Crippen LogP contribution in [0.4, 0.5) is 11.4 Å². The van der Waals surface area contributed by atoms with E-state index in [-0.39, 0.29) is 0 Å². The van der Waals surface area contributed by atoms with E-state index in [1.807, 2.05) is 12.1 Å². The number of nitrogens with two attached hydrogens (primary N) is 1. The van der Waals surface area contributed by atoms with Crippen molar-refractivity contribution in [3.8, 4) is 0 Å². The Kier molecular flexibility index (Phi) is 4.46. The largest absolute Gasteiger partial charge is 0.344 e. The van der Waals surface area contributed by atoms with Crippen LogP contribution in [0.3, 0.4) is 0 Å². The Morgan fingerprint density at radius 2 is 1.95 bits per heavy atom. The minimum absolute atomic E-state index is 0.635. The molecule has 0 saturated carbocycles. The molecule has 2 nitrogen and oxygen atoms in total. The van der Waals surface area contributed by atoms with Gasteiger partial charge in [-0.3, -0.25) is 0 Å². The van der Waals surface area contributed by atoms with Crippen molar-refractivity contribution in [1.29, 1.82) is 0 Å². The lowest BCUT2D eigenvalue weighted by atomic mass is 10.1. The molecule has 0 spiro atoms. The van der Waals surface area contributed by atoms with Gasteiger partial charge in [-0.2, -0.15) is 0 Å². The van der Waals surface area contributed by atoms with E-state index in [0.717, 1.165) is 22.8 Å². The molecule has 3 heteroatoms. The summed E-state index contributed by atoms with van der Waals surface area (Å²) in [6.45, 7) is 2.73. The molecule has 2 N–H and O–H groups in total. The normalized spacial score (nSPS) is 10.5. The molecule has 0 fully saturated rings. The summed E-state index contributed by atoms with van der Waals surface area (Å²) in [5, 5.41) is 0.746. The summed E-state index contributed by atoms with van der Waals surface area (Å²) in [5.74, 6) is 0. The van der Waals surface area contributed by atoms with Crippen molar-refractivity contribution < 1.29 is 0 Å². The van der Waals surface area contributed by atoms with Crippen LogP contribution in [0.5, 0.6) is 0 Å².